The van der Waals surface area contributed by atoms with Crippen LogP contribution in [0.1, 0.15) is 11.4 Å². The lowest BCUT2D eigenvalue weighted by Gasteiger charge is -2.18. The molecule has 0 N–H and O–H groups in total. The largest absolute Gasteiger partial charge is 0.290 e. The molecule has 0 amide bonds. The van der Waals surface area contributed by atoms with Gasteiger partial charge in [0, 0.05) is 21.9 Å². The van der Waals surface area contributed by atoms with E-state index in [1.165, 1.54) is 14.2 Å². The highest BCUT2D eigenvalue weighted by atomic mass is 32.2. The lowest BCUT2D eigenvalue weighted by Crippen LogP contribution is -2.06. The molecule has 5 aromatic rings. The quantitative estimate of drug-likeness (QED) is 0.255. The highest BCUT2D eigenvalue weighted by Crippen LogP contribution is 2.41. The molecular formula is C28H24N2O4S2. The highest BCUT2D eigenvalue weighted by Gasteiger charge is 2.25. The number of hydrogen-bond donors (Lipinski definition) is 0. The smallest absolute Gasteiger partial charge is 0.191 e. The Kier molecular flexibility index (Phi) is 6.77. The second-order valence-electron chi connectivity index (χ2n) is 8.20. The zero-order valence-electron chi connectivity index (χ0n) is 20.3. The summed E-state index contributed by atoms with van der Waals surface area (Å²) in [6.45, 7) is 3.66. The van der Waals surface area contributed by atoms with Gasteiger partial charge in [-0.05, 0) is 25.0 Å². The summed E-state index contributed by atoms with van der Waals surface area (Å²) in [7, 11) is 2.84. The van der Waals surface area contributed by atoms with Gasteiger partial charge in [0.25, 0.3) is 0 Å². The van der Waals surface area contributed by atoms with Crippen LogP contribution in [0.4, 0.5) is 0 Å². The Labute approximate surface area is 214 Å². The summed E-state index contributed by atoms with van der Waals surface area (Å²) in [5.41, 5.74) is 5.95. The summed E-state index contributed by atoms with van der Waals surface area (Å²) in [4.78, 5) is 10.8. The minimum Gasteiger partial charge on any atom is -0.290 e. The average Bonchev–Trinajstić information content (AvgIpc) is 2.91. The number of hydrogen-bond acceptors (Lipinski definition) is 6. The summed E-state index contributed by atoms with van der Waals surface area (Å²) in [5.74, 6) is 0. The van der Waals surface area contributed by atoms with E-state index < -0.39 is 22.2 Å². The maximum atomic E-state index is 13.0. The molecule has 0 aliphatic heterocycles. The van der Waals surface area contributed by atoms with E-state index in [1.807, 2.05) is 86.6 Å². The van der Waals surface area contributed by atoms with Crippen LogP contribution in [0.25, 0.3) is 44.1 Å². The van der Waals surface area contributed by atoms with Crippen molar-refractivity contribution in [3.8, 4) is 22.3 Å². The van der Waals surface area contributed by atoms with Crippen molar-refractivity contribution in [1.82, 2.24) is 9.97 Å². The van der Waals surface area contributed by atoms with E-state index in [-0.39, 0.29) is 0 Å². The fourth-order valence-corrected chi connectivity index (χ4v) is 6.31. The molecule has 0 aliphatic carbocycles. The van der Waals surface area contributed by atoms with E-state index in [0.29, 0.717) is 32.2 Å². The van der Waals surface area contributed by atoms with E-state index in [2.05, 4.69) is 0 Å². The standard InChI is InChI=1S/C28H24N2O4S2/c1-17-27(35(31)33-3)23(19-11-7-5-8-12-19)21-15-16-22-24(20-13-9-6-10-14-20)28(36(32)34-4)18(2)30-26(22)25(21)29-17/h5-16H,1-4H3. The van der Waals surface area contributed by atoms with Crippen LogP contribution in [0, 0.1) is 13.8 Å². The summed E-state index contributed by atoms with van der Waals surface area (Å²) >= 11 is -3.39. The molecule has 6 nitrogen and oxygen atoms in total. The first-order chi connectivity index (χ1) is 17.5. The van der Waals surface area contributed by atoms with Gasteiger partial charge in [0.15, 0.2) is 22.2 Å². The van der Waals surface area contributed by atoms with Gasteiger partial charge < -0.3 is 0 Å². The first kappa shape index (κ1) is 24.4. The molecule has 2 heterocycles. The molecule has 2 atom stereocenters. The van der Waals surface area contributed by atoms with Crippen LogP contribution in [0.15, 0.2) is 82.6 Å². The first-order valence-corrected chi connectivity index (χ1v) is 13.4. The molecule has 0 radical (unpaired) electrons. The number of pyridine rings is 2. The molecule has 5 rings (SSSR count). The topological polar surface area (TPSA) is 78.4 Å². The summed E-state index contributed by atoms with van der Waals surface area (Å²) in [5, 5.41) is 1.62. The van der Waals surface area contributed by atoms with Gasteiger partial charge in [-0.1, -0.05) is 72.8 Å². The van der Waals surface area contributed by atoms with Gasteiger partial charge in [-0.3, -0.25) is 8.37 Å². The Balaban J connectivity index is 1.97. The van der Waals surface area contributed by atoms with Gasteiger partial charge in [0.2, 0.25) is 0 Å². The number of fused-ring (bicyclic) bond motifs is 3. The third-order valence-electron chi connectivity index (χ3n) is 6.12. The molecule has 182 valence electrons. The predicted octanol–water partition coefficient (Wildman–Crippen LogP) is 6.07. The zero-order chi connectivity index (χ0) is 25.4. The molecule has 3 aromatic carbocycles. The second kappa shape index (κ2) is 9.99. The molecule has 0 fully saturated rings. The van der Waals surface area contributed by atoms with Crippen LogP contribution >= 0.6 is 0 Å². The summed E-state index contributed by atoms with van der Waals surface area (Å²) in [6.07, 6.45) is 0. The van der Waals surface area contributed by atoms with Gasteiger partial charge in [0.05, 0.1) is 46.4 Å². The Morgan fingerprint density at radius 3 is 1.28 bits per heavy atom. The van der Waals surface area contributed by atoms with Crippen molar-refractivity contribution in [2.45, 2.75) is 23.6 Å². The van der Waals surface area contributed by atoms with Crippen LogP contribution in [0.3, 0.4) is 0 Å². The number of rotatable bonds is 6. The molecule has 0 aliphatic rings. The van der Waals surface area contributed by atoms with Crippen molar-refractivity contribution in [2.75, 3.05) is 14.2 Å². The van der Waals surface area contributed by atoms with Crippen LogP contribution in [0.2, 0.25) is 0 Å². The molecule has 36 heavy (non-hydrogen) atoms. The predicted molar refractivity (Wildman–Crippen MR) is 144 cm³/mol. The minimum absolute atomic E-state index is 0.535. The average molecular weight is 517 g/mol. The minimum atomic E-state index is -1.69. The van der Waals surface area contributed by atoms with E-state index >= 15 is 0 Å². The Hall–Kier alpha value is -3.30. The molecule has 0 saturated heterocycles. The third-order valence-corrected chi connectivity index (χ3v) is 8.39. The highest BCUT2D eigenvalue weighted by molar-refractivity contribution is 7.80. The van der Waals surface area contributed by atoms with Crippen molar-refractivity contribution in [1.29, 1.82) is 0 Å². The fourth-order valence-electron chi connectivity index (χ4n) is 4.61. The maximum Gasteiger partial charge on any atom is 0.191 e. The molecule has 0 bridgehead atoms. The van der Waals surface area contributed by atoms with Crippen LogP contribution in [0.5, 0.6) is 0 Å². The Morgan fingerprint density at radius 1 is 0.583 bits per heavy atom. The van der Waals surface area contributed by atoms with Crippen molar-refractivity contribution < 1.29 is 16.8 Å². The van der Waals surface area contributed by atoms with Gasteiger partial charge in [-0.15, -0.1) is 0 Å². The number of aryl methyl sites for hydroxylation is 2. The molecule has 8 heteroatoms. The van der Waals surface area contributed by atoms with E-state index in [0.717, 1.165) is 33.0 Å². The van der Waals surface area contributed by atoms with Gasteiger partial charge in [-0.2, -0.15) is 0 Å². The lowest BCUT2D eigenvalue weighted by atomic mass is 9.95. The van der Waals surface area contributed by atoms with Crippen molar-refractivity contribution in [3.05, 3.63) is 84.2 Å². The number of aromatic nitrogens is 2. The van der Waals surface area contributed by atoms with Gasteiger partial charge in [-0.25, -0.2) is 18.4 Å². The van der Waals surface area contributed by atoms with E-state index in [1.54, 1.807) is 0 Å². The van der Waals surface area contributed by atoms with Crippen molar-refractivity contribution in [3.63, 3.8) is 0 Å². The van der Waals surface area contributed by atoms with Crippen LogP contribution < -0.4 is 0 Å². The summed E-state index contributed by atoms with van der Waals surface area (Å²) < 4.78 is 36.4. The van der Waals surface area contributed by atoms with Crippen molar-refractivity contribution >= 4 is 44.0 Å². The Bertz CT molecular complexity index is 1530. The molecule has 0 spiro atoms. The Morgan fingerprint density at radius 2 is 0.944 bits per heavy atom. The molecule has 2 unspecified atom stereocenters. The van der Waals surface area contributed by atoms with Gasteiger partial charge >= 0.3 is 0 Å². The first-order valence-electron chi connectivity index (χ1n) is 11.3. The van der Waals surface area contributed by atoms with E-state index in [9.17, 15) is 8.42 Å². The van der Waals surface area contributed by atoms with Crippen LogP contribution in [-0.2, 0) is 30.5 Å². The number of nitrogens with zero attached hydrogens (tertiary/aromatic N) is 2. The van der Waals surface area contributed by atoms with Crippen LogP contribution in [-0.4, -0.2) is 32.6 Å². The monoisotopic (exact) mass is 516 g/mol. The molecular weight excluding hydrogens is 492 g/mol. The van der Waals surface area contributed by atoms with Crippen molar-refractivity contribution in [2.24, 2.45) is 0 Å². The number of benzene rings is 3. The molecule has 0 saturated carbocycles. The lowest BCUT2D eigenvalue weighted by molar-refractivity contribution is 0.445. The summed E-state index contributed by atoms with van der Waals surface area (Å²) in [6, 6.07) is 23.5. The zero-order valence-corrected chi connectivity index (χ0v) is 21.9. The normalized spacial score (nSPS) is 13.2. The van der Waals surface area contributed by atoms with Gasteiger partial charge in [0.1, 0.15) is 0 Å². The maximum absolute atomic E-state index is 13.0. The molecule has 2 aromatic heterocycles. The van der Waals surface area contributed by atoms with E-state index in [4.69, 9.17) is 18.3 Å². The SMILES string of the molecule is COS(=O)c1c(C)nc2c(ccc3c(-c4ccccc4)c(S(=O)OC)c(C)nc32)c1-c1ccccc1. The third kappa shape index (κ3) is 4.06. The fraction of sp³-hybridized carbons (Fsp3) is 0.143. The second-order valence-corrected chi connectivity index (χ2v) is 10.6.